The number of carbonyl (C=O) groups is 2. The van der Waals surface area contributed by atoms with Gasteiger partial charge in [0, 0.05) is 18.7 Å². The second-order valence-electron chi connectivity index (χ2n) is 8.89. The average molecular weight is 506 g/mol. The van der Waals surface area contributed by atoms with Gasteiger partial charge in [0.15, 0.2) is 0 Å². The lowest BCUT2D eigenvalue weighted by Gasteiger charge is -2.25. The lowest BCUT2D eigenvalue weighted by atomic mass is 9.96. The Bertz CT molecular complexity index is 1440. The summed E-state index contributed by atoms with van der Waals surface area (Å²) in [4.78, 5) is 41.7. The molecule has 2 heterocycles. The zero-order valence-corrected chi connectivity index (χ0v) is 19.9. The number of nitrogens with zero attached hydrogens (tertiary/aromatic N) is 3. The topological polar surface area (TPSA) is 138 Å². The maximum atomic E-state index is 15.2. The molecule has 1 aromatic heterocycles. The van der Waals surface area contributed by atoms with Crippen molar-refractivity contribution < 1.29 is 28.4 Å². The number of halogens is 1. The molecule has 0 bridgehead atoms. The molecule has 0 atom stereocenters. The van der Waals surface area contributed by atoms with Crippen molar-refractivity contribution >= 4 is 29.1 Å². The van der Waals surface area contributed by atoms with E-state index in [4.69, 9.17) is 15.2 Å². The third kappa shape index (κ3) is 4.55. The highest BCUT2D eigenvalue weighted by molar-refractivity contribution is 6.09. The van der Waals surface area contributed by atoms with Gasteiger partial charge in [0.2, 0.25) is 5.82 Å². The molecule has 2 N–H and O–H groups in total. The number of anilines is 2. The van der Waals surface area contributed by atoms with Crippen LogP contribution in [0.3, 0.4) is 0 Å². The fraction of sp³-hybridized carbons (Fsp3) is 0.269. The Morgan fingerprint density at radius 1 is 1.30 bits per heavy atom. The normalized spacial score (nSPS) is 15.0. The molecule has 0 radical (unpaired) electrons. The third-order valence-electron chi connectivity index (χ3n) is 6.44. The van der Waals surface area contributed by atoms with E-state index in [2.05, 4.69) is 4.98 Å². The molecular weight excluding hydrogens is 483 g/mol. The van der Waals surface area contributed by atoms with Crippen LogP contribution in [0, 0.1) is 15.9 Å². The van der Waals surface area contributed by atoms with Gasteiger partial charge in [-0.1, -0.05) is 12.1 Å². The van der Waals surface area contributed by atoms with Crippen molar-refractivity contribution in [3.63, 3.8) is 0 Å². The summed E-state index contributed by atoms with van der Waals surface area (Å²) >= 11 is 0. The van der Waals surface area contributed by atoms with E-state index in [1.54, 1.807) is 24.3 Å². The molecule has 0 unspecified atom stereocenters. The van der Waals surface area contributed by atoms with E-state index in [1.165, 1.54) is 30.2 Å². The molecule has 1 aliphatic heterocycles. The minimum Gasteiger partial charge on any atom is -0.491 e. The van der Waals surface area contributed by atoms with Crippen LogP contribution < -0.4 is 15.4 Å². The van der Waals surface area contributed by atoms with Crippen LogP contribution in [0.2, 0.25) is 0 Å². The largest absolute Gasteiger partial charge is 0.491 e. The van der Waals surface area contributed by atoms with Crippen molar-refractivity contribution in [3.8, 4) is 16.9 Å². The highest BCUT2D eigenvalue weighted by Gasteiger charge is 2.33. The Morgan fingerprint density at radius 2 is 2.08 bits per heavy atom. The molecule has 1 aliphatic carbocycles. The van der Waals surface area contributed by atoms with Crippen LogP contribution in [-0.4, -0.2) is 34.9 Å². The molecule has 190 valence electrons. The first-order chi connectivity index (χ1) is 17.8. The first-order valence-corrected chi connectivity index (χ1v) is 11.7. The maximum absolute atomic E-state index is 15.2. The van der Waals surface area contributed by atoms with Gasteiger partial charge in [0.1, 0.15) is 30.3 Å². The molecule has 0 saturated heterocycles. The number of ether oxygens (including phenoxy) is 2. The lowest BCUT2D eigenvalue weighted by molar-refractivity contribution is -0.383. The Morgan fingerprint density at radius 3 is 2.78 bits per heavy atom. The highest BCUT2D eigenvalue weighted by atomic mass is 19.1. The summed E-state index contributed by atoms with van der Waals surface area (Å²) in [5.41, 5.74) is 7.08. The Labute approximate surface area is 211 Å². The molecule has 2 aromatic carbocycles. The van der Waals surface area contributed by atoms with E-state index in [9.17, 15) is 19.7 Å². The van der Waals surface area contributed by atoms with Gasteiger partial charge in [-0.15, -0.1) is 0 Å². The number of esters is 1. The van der Waals surface area contributed by atoms with Gasteiger partial charge in [-0.25, -0.2) is 9.37 Å². The summed E-state index contributed by atoms with van der Waals surface area (Å²) in [5, 5.41) is 11.8. The predicted molar refractivity (Wildman–Crippen MR) is 132 cm³/mol. The number of benzene rings is 2. The summed E-state index contributed by atoms with van der Waals surface area (Å²) in [6.45, 7) is 1.10. The first kappa shape index (κ1) is 24.2. The summed E-state index contributed by atoms with van der Waals surface area (Å²) in [7, 11) is 0. The fourth-order valence-corrected chi connectivity index (χ4v) is 4.57. The van der Waals surface area contributed by atoms with Crippen LogP contribution in [-0.2, 0) is 16.1 Å². The predicted octanol–water partition coefficient (Wildman–Crippen LogP) is 4.36. The minimum absolute atomic E-state index is 0.0722. The summed E-state index contributed by atoms with van der Waals surface area (Å²) < 4.78 is 26.3. The van der Waals surface area contributed by atoms with Crippen molar-refractivity contribution in [2.45, 2.75) is 32.3 Å². The molecule has 5 rings (SSSR count). The molecular formula is C26H23FN4O6. The molecule has 1 fully saturated rings. The Balaban J connectivity index is 1.65. The van der Waals surface area contributed by atoms with Crippen LogP contribution in [0.5, 0.6) is 5.75 Å². The molecule has 3 aromatic rings. The lowest BCUT2D eigenvalue weighted by Crippen LogP contribution is -2.33. The summed E-state index contributed by atoms with van der Waals surface area (Å²) in [6.07, 6.45) is 3.26. The molecule has 1 amide bonds. The number of aromatic nitrogens is 1. The monoisotopic (exact) mass is 506 g/mol. The van der Waals surface area contributed by atoms with Gasteiger partial charge >= 0.3 is 11.7 Å². The van der Waals surface area contributed by atoms with Crippen molar-refractivity contribution in [2.24, 2.45) is 0 Å². The Kier molecular flexibility index (Phi) is 6.20. The molecule has 2 aliphatic rings. The van der Waals surface area contributed by atoms with E-state index in [0.29, 0.717) is 16.8 Å². The average Bonchev–Trinajstić information content (AvgIpc) is 3.70. The number of hydrogen-bond acceptors (Lipinski definition) is 8. The molecule has 0 spiro atoms. The number of rotatable bonds is 6. The Hall–Kier alpha value is -4.54. The van der Waals surface area contributed by atoms with Crippen molar-refractivity contribution in [2.75, 3.05) is 23.8 Å². The van der Waals surface area contributed by atoms with E-state index in [-0.39, 0.29) is 48.4 Å². The third-order valence-corrected chi connectivity index (χ3v) is 6.44. The van der Waals surface area contributed by atoms with E-state index in [1.807, 2.05) is 0 Å². The van der Waals surface area contributed by atoms with Gasteiger partial charge in [0.05, 0.1) is 22.7 Å². The smallest absolute Gasteiger partial charge is 0.318 e. The fourth-order valence-electron chi connectivity index (χ4n) is 4.57. The van der Waals surface area contributed by atoms with E-state index in [0.717, 1.165) is 18.4 Å². The van der Waals surface area contributed by atoms with Crippen LogP contribution >= 0.6 is 0 Å². The van der Waals surface area contributed by atoms with Crippen molar-refractivity contribution in [1.29, 1.82) is 0 Å². The van der Waals surface area contributed by atoms with E-state index >= 15 is 4.39 Å². The maximum Gasteiger partial charge on any atom is 0.318 e. The van der Waals surface area contributed by atoms with Crippen LogP contribution in [0.1, 0.15) is 47.2 Å². The van der Waals surface area contributed by atoms with Crippen molar-refractivity contribution in [3.05, 3.63) is 75.2 Å². The van der Waals surface area contributed by atoms with Gasteiger partial charge in [0.25, 0.3) is 5.91 Å². The second-order valence-corrected chi connectivity index (χ2v) is 8.89. The van der Waals surface area contributed by atoms with E-state index < -0.39 is 28.3 Å². The number of fused-ring (bicyclic) bond motifs is 1. The summed E-state index contributed by atoms with van der Waals surface area (Å²) in [6, 6.07) is 9.33. The molecule has 10 nitrogen and oxygen atoms in total. The molecule has 37 heavy (non-hydrogen) atoms. The summed E-state index contributed by atoms with van der Waals surface area (Å²) in [5.74, 6) is -1.71. The minimum atomic E-state index is -0.675. The van der Waals surface area contributed by atoms with Crippen molar-refractivity contribution in [1.82, 2.24) is 4.98 Å². The molecule has 11 heteroatoms. The second kappa shape index (κ2) is 9.49. The zero-order valence-electron chi connectivity index (χ0n) is 19.9. The van der Waals surface area contributed by atoms with Crippen LogP contribution in [0.25, 0.3) is 11.1 Å². The number of hydrogen-bond donors (Lipinski definition) is 1. The number of pyridine rings is 1. The number of amides is 1. The zero-order chi connectivity index (χ0) is 26.3. The number of nitro groups is 1. The quantitative estimate of drug-likeness (QED) is 0.296. The van der Waals surface area contributed by atoms with Gasteiger partial charge < -0.3 is 20.1 Å². The van der Waals surface area contributed by atoms with Gasteiger partial charge in [-0.2, -0.15) is 0 Å². The number of carbonyl (C=O) groups excluding carboxylic acids is 2. The van der Waals surface area contributed by atoms with Crippen LogP contribution in [0.4, 0.5) is 21.6 Å². The highest BCUT2D eigenvalue weighted by Crippen LogP contribution is 2.44. The van der Waals surface area contributed by atoms with Crippen LogP contribution in [0.15, 0.2) is 42.6 Å². The van der Waals surface area contributed by atoms with Gasteiger partial charge in [-0.05, 0) is 54.2 Å². The molecule has 1 saturated carbocycles. The number of nitrogen functional groups attached to an aromatic ring is 1. The standard InChI is InChI=1S/C26H23FN4O6/c1-14(32)37-13-19-17(18-7-8-29-25(28)24(18)31(34)35)3-2-4-21(19)30-9-10-36-22-12-16(15-5-6-15)11-20(27)23(22)26(30)33/h2-4,7-8,11-12,15H,5-6,9-10,13H2,1H3,(H2,28,29). The SMILES string of the molecule is CC(=O)OCc1c(-c2ccnc(N)c2[N+](=O)[O-])cccc1N1CCOc2cc(C3CC3)cc(F)c2C1=O. The number of nitrogens with two attached hydrogens (primary N) is 1. The first-order valence-electron chi connectivity index (χ1n) is 11.7. The van der Waals surface area contributed by atoms with Gasteiger partial charge in [-0.3, -0.25) is 19.7 Å².